The monoisotopic (exact) mass is 311 g/mol. The summed E-state index contributed by atoms with van der Waals surface area (Å²) in [6, 6.07) is 7.07. The molecule has 0 bridgehead atoms. The van der Waals surface area contributed by atoms with Crippen LogP contribution < -0.4 is 15.4 Å². The highest BCUT2D eigenvalue weighted by atomic mass is 32.2. The lowest BCUT2D eigenvalue weighted by molar-refractivity contribution is -0.119. The summed E-state index contributed by atoms with van der Waals surface area (Å²) in [5.41, 5.74) is 0.861. The van der Waals surface area contributed by atoms with E-state index >= 15 is 0 Å². The smallest absolute Gasteiger partial charge is 0.240 e. The third-order valence-electron chi connectivity index (χ3n) is 3.20. The lowest BCUT2D eigenvalue weighted by atomic mass is 10.2. The molecule has 1 aliphatic rings. The van der Waals surface area contributed by atoms with Gasteiger partial charge in [-0.15, -0.1) is 0 Å². The number of hydrogen-bond donors (Lipinski definition) is 3. The van der Waals surface area contributed by atoms with E-state index in [4.69, 9.17) is 0 Å². The maximum Gasteiger partial charge on any atom is 0.240 e. The van der Waals surface area contributed by atoms with Gasteiger partial charge in [0.15, 0.2) is 0 Å². The Labute approximate surface area is 125 Å². The zero-order valence-electron chi connectivity index (χ0n) is 12.1. The number of nitrogens with one attached hydrogen (secondary N) is 3. The van der Waals surface area contributed by atoms with Gasteiger partial charge >= 0.3 is 0 Å². The molecule has 7 heteroatoms. The van der Waals surface area contributed by atoms with Gasteiger partial charge in [0, 0.05) is 32.6 Å². The Morgan fingerprint density at radius 2 is 1.86 bits per heavy atom. The Morgan fingerprint density at radius 1 is 1.19 bits per heavy atom. The lowest BCUT2D eigenvalue weighted by Crippen LogP contribution is -2.32. The highest BCUT2D eigenvalue weighted by Gasteiger charge is 2.20. The van der Waals surface area contributed by atoms with Crippen molar-refractivity contribution >= 4 is 15.9 Å². The van der Waals surface area contributed by atoms with E-state index in [0.717, 1.165) is 5.56 Å². The Balaban J connectivity index is 1.84. The molecule has 1 aliphatic carbocycles. The van der Waals surface area contributed by atoms with Gasteiger partial charge in [-0.1, -0.05) is 12.1 Å². The Bertz CT molecular complexity index is 580. The lowest BCUT2D eigenvalue weighted by Gasteiger charge is -2.08. The molecular formula is C14H21N3O3S. The minimum absolute atomic E-state index is 0.114. The van der Waals surface area contributed by atoms with E-state index in [9.17, 15) is 13.2 Å². The summed E-state index contributed by atoms with van der Waals surface area (Å²) in [7, 11) is -3.46. The molecule has 1 saturated carbocycles. The van der Waals surface area contributed by atoms with Crippen LogP contribution in [-0.2, 0) is 21.4 Å². The maximum atomic E-state index is 12.1. The van der Waals surface area contributed by atoms with Crippen LogP contribution in [0.4, 0.5) is 0 Å². The van der Waals surface area contributed by atoms with Gasteiger partial charge in [-0.25, -0.2) is 13.1 Å². The molecular weight excluding hydrogens is 290 g/mol. The summed E-state index contributed by atoms with van der Waals surface area (Å²) in [5.74, 6) is -0.114. The summed E-state index contributed by atoms with van der Waals surface area (Å²) >= 11 is 0. The second-order valence-electron chi connectivity index (χ2n) is 5.18. The summed E-state index contributed by atoms with van der Waals surface area (Å²) in [6.45, 7) is 2.86. The molecule has 0 saturated heterocycles. The van der Waals surface area contributed by atoms with E-state index in [1.807, 2.05) is 0 Å². The molecule has 116 valence electrons. The number of hydrogen-bond acceptors (Lipinski definition) is 4. The van der Waals surface area contributed by atoms with Crippen molar-refractivity contribution in [3.05, 3.63) is 29.8 Å². The van der Waals surface area contributed by atoms with Gasteiger partial charge in [-0.2, -0.15) is 0 Å². The van der Waals surface area contributed by atoms with Crippen molar-refractivity contribution in [2.45, 2.75) is 37.2 Å². The van der Waals surface area contributed by atoms with E-state index in [1.54, 1.807) is 24.3 Å². The molecule has 1 aromatic rings. The fourth-order valence-electron chi connectivity index (χ4n) is 1.85. The van der Waals surface area contributed by atoms with Crippen LogP contribution in [0.1, 0.15) is 25.3 Å². The highest BCUT2D eigenvalue weighted by Crippen LogP contribution is 2.17. The molecule has 1 amide bonds. The number of carbonyl (C=O) groups excluding carboxylic acids is 1. The molecule has 6 nitrogen and oxygen atoms in total. The second kappa shape index (κ2) is 7.02. The molecule has 0 spiro atoms. The van der Waals surface area contributed by atoms with Crippen molar-refractivity contribution in [2.24, 2.45) is 0 Å². The van der Waals surface area contributed by atoms with Crippen LogP contribution in [0.5, 0.6) is 0 Å². The summed E-state index contributed by atoms with van der Waals surface area (Å²) in [6.07, 6.45) is 2.37. The molecule has 3 N–H and O–H groups in total. The molecule has 21 heavy (non-hydrogen) atoms. The van der Waals surface area contributed by atoms with Gasteiger partial charge in [-0.05, 0) is 30.5 Å². The van der Waals surface area contributed by atoms with Crippen LogP contribution in [-0.4, -0.2) is 33.5 Å². The van der Waals surface area contributed by atoms with Crippen LogP contribution in [0.25, 0.3) is 0 Å². The van der Waals surface area contributed by atoms with E-state index < -0.39 is 10.0 Å². The zero-order valence-corrected chi connectivity index (χ0v) is 12.9. The van der Waals surface area contributed by atoms with Crippen molar-refractivity contribution in [3.63, 3.8) is 0 Å². The van der Waals surface area contributed by atoms with Gasteiger partial charge in [0.05, 0.1) is 4.90 Å². The molecule has 0 aromatic heterocycles. The zero-order chi connectivity index (χ0) is 15.3. The first-order valence-electron chi connectivity index (χ1n) is 7.04. The SMILES string of the molecule is CC(=O)NCc1ccc(S(=O)(=O)NCCNC2CC2)cc1. The first-order chi connectivity index (χ1) is 9.97. The quantitative estimate of drug-likeness (QED) is 0.605. The molecule has 0 unspecified atom stereocenters. The predicted molar refractivity (Wildman–Crippen MR) is 80.2 cm³/mol. The number of sulfonamides is 1. The van der Waals surface area contributed by atoms with Crippen LogP contribution in [0.3, 0.4) is 0 Å². The molecule has 1 aromatic carbocycles. The van der Waals surface area contributed by atoms with Crippen molar-refractivity contribution in [3.8, 4) is 0 Å². The molecule has 1 fully saturated rings. The number of rotatable bonds is 8. The standard InChI is InChI=1S/C14H21N3O3S/c1-11(18)16-10-12-2-6-14(7-3-12)21(19,20)17-9-8-15-13-4-5-13/h2-3,6-7,13,15,17H,4-5,8-10H2,1H3,(H,16,18). The maximum absolute atomic E-state index is 12.1. The van der Waals surface area contributed by atoms with Gasteiger partial charge in [-0.3, -0.25) is 4.79 Å². The van der Waals surface area contributed by atoms with E-state index in [0.29, 0.717) is 25.7 Å². The Morgan fingerprint density at radius 3 is 2.43 bits per heavy atom. The normalized spacial score (nSPS) is 14.9. The molecule has 0 aliphatic heterocycles. The van der Waals surface area contributed by atoms with Crippen LogP contribution >= 0.6 is 0 Å². The second-order valence-corrected chi connectivity index (χ2v) is 6.95. The third-order valence-corrected chi connectivity index (χ3v) is 4.68. The average molecular weight is 311 g/mol. The van der Waals surface area contributed by atoms with Crippen molar-refractivity contribution in [1.29, 1.82) is 0 Å². The van der Waals surface area contributed by atoms with Crippen molar-refractivity contribution < 1.29 is 13.2 Å². The minimum atomic E-state index is -3.46. The summed E-state index contributed by atoms with van der Waals surface area (Å²) in [5, 5.41) is 5.92. The molecule has 0 radical (unpaired) electrons. The highest BCUT2D eigenvalue weighted by molar-refractivity contribution is 7.89. The summed E-state index contributed by atoms with van der Waals surface area (Å²) < 4.78 is 26.7. The van der Waals surface area contributed by atoms with Crippen LogP contribution in [0, 0.1) is 0 Å². The number of carbonyl (C=O) groups is 1. The topological polar surface area (TPSA) is 87.3 Å². The van der Waals surface area contributed by atoms with Gasteiger partial charge in [0.2, 0.25) is 15.9 Å². The van der Waals surface area contributed by atoms with Crippen LogP contribution in [0.2, 0.25) is 0 Å². The van der Waals surface area contributed by atoms with Crippen LogP contribution in [0.15, 0.2) is 29.2 Å². The fraction of sp³-hybridized carbons (Fsp3) is 0.500. The van der Waals surface area contributed by atoms with E-state index in [-0.39, 0.29) is 10.8 Å². The molecule has 2 rings (SSSR count). The van der Waals surface area contributed by atoms with Crippen molar-refractivity contribution in [2.75, 3.05) is 13.1 Å². The average Bonchev–Trinajstić information content (AvgIpc) is 3.26. The Hall–Kier alpha value is -1.44. The summed E-state index contributed by atoms with van der Waals surface area (Å²) in [4.78, 5) is 11.1. The first kappa shape index (κ1) is 15.9. The van der Waals surface area contributed by atoms with E-state index in [2.05, 4.69) is 15.4 Å². The third kappa shape index (κ3) is 5.45. The molecule has 0 atom stereocenters. The van der Waals surface area contributed by atoms with Gasteiger partial charge in [0.1, 0.15) is 0 Å². The first-order valence-corrected chi connectivity index (χ1v) is 8.52. The fourth-order valence-corrected chi connectivity index (χ4v) is 2.88. The largest absolute Gasteiger partial charge is 0.352 e. The van der Waals surface area contributed by atoms with E-state index in [1.165, 1.54) is 19.8 Å². The predicted octanol–water partition coefficient (Wildman–Crippen LogP) is 0.353. The van der Waals surface area contributed by atoms with Gasteiger partial charge in [0.25, 0.3) is 0 Å². The van der Waals surface area contributed by atoms with Gasteiger partial charge < -0.3 is 10.6 Å². The molecule has 0 heterocycles. The number of benzene rings is 1. The Kier molecular flexibility index (Phi) is 5.33. The minimum Gasteiger partial charge on any atom is -0.352 e. The number of amides is 1. The van der Waals surface area contributed by atoms with Crippen molar-refractivity contribution in [1.82, 2.24) is 15.4 Å².